The normalized spacial score (nSPS) is 11.8. The van der Waals surface area contributed by atoms with Gasteiger partial charge in [0, 0.05) is 5.56 Å². The van der Waals surface area contributed by atoms with Crippen molar-refractivity contribution >= 4 is 40.1 Å². The Balaban J connectivity index is 1.93. The summed E-state index contributed by atoms with van der Waals surface area (Å²) in [6, 6.07) is 9.66. The van der Waals surface area contributed by atoms with Gasteiger partial charge in [0.15, 0.2) is 0 Å². The van der Waals surface area contributed by atoms with Gasteiger partial charge < -0.3 is 4.74 Å². The average Bonchev–Trinajstić information content (AvgIpc) is 3.05. The Labute approximate surface area is 149 Å². The van der Waals surface area contributed by atoms with Gasteiger partial charge in [0.25, 0.3) is 0 Å². The largest absolute Gasteiger partial charge is 0.465 e. The smallest absolute Gasteiger partial charge is 0.315 e. The Morgan fingerprint density at radius 1 is 1.25 bits per heavy atom. The van der Waals surface area contributed by atoms with E-state index in [4.69, 9.17) is 4.74 Å². The Kier molecular flexibility index (Phi) is 7.20. The molecule has 128 valence electrons. The number of amides is 1. The lowest BCUT2D eigenvalue weighted by molar-refractivity contribution is -0.139. The Morgan fingerprint density at radius 3 is 2.67 bits per heavy atom. The van der Waals surface area contributed by atoms with Gasteiger partial charge in [-0.2, -0.15) is 0 Å². The molecule has 0 bridgehead atoms. The van der Waals surface area contributed by atoms with Crippen LogP contribution < -0.4 is 5.32 Å². The summed E-state index contributed by atoms with van der Waals surface area (Å²) in [5, 5.41) is 11.7. The van der Waals surface area contributed by atoms with E-state index in [1.807, 2.05) is 37.3 Å². The van der Waals surface area contributed by atoms with E-state index < -0.39 is 0 Å². The molecule has 1 N–H and O–H groups in total. The highest BCUT2D eigenvalue weighted by Crippen LogP contribution is 2.26. The zero-order valence-corrected chi connectivity index (χ0v) is 15.2. The maximum absolute atomic E-state index is 12.3. The molecule has 0 spiro atoms. The van der Waals surface area contributed by atoms with E-state index in [9.17, 15) is 9.59 Å². The van der Waals surface area contributed by atoms with Crippen LogP contribution in [0.15, 0.2) is 30.3 Å². The average molecular weight is 365 g/mol. The highest BCUT2D eigenvalue weighted by Gasteiger charge is 2.20. The van der Waals surface area contributed by atoms with Crippen molar-refractivity contribution in [2.75, 3.05) is 17.7 Å². The molecule has 0 fully saturated rings. The van der Waals surface area contributed by atoms with Crippen LogP contribution in [0.1, 0.15) is 20.3 Å². The number of nitrogens with one attached hydrogen (secondary N) is 1. The molecule has 1 heterocycles. The molecule has 8 heteroatoms. The minimum absolute atomic E-state index is 0.158. The molecule has 0 aliphatic carbocycles. The highest BCUT2D eigenvalue weighted by molar-refractivity contribution is 8.01. The van der Waals surface area contributed by atoms with E-state index in [-0.39, 0.29) is 22.9 Å². The molecular formula is C16H19N3O3S2. The standard InChI is InChI=1S/C16H19N3O3S2/c1-3-12(23-10-13(20)22-4-2)14(21)17-16-19-18-15(24-16)11-8-6-5-7-9-11/h5-9,12H,3-4,10H2,1-2H3,(H,17,19,21). The first-order chi connectivity index (χ1) is 11.6. The van der Waals surface area contributed by atoms with E-state index >= 15 is 0 Å². The fourth-order valence-electron chi connectivity index (χ4n) is 1.91. The predicted octanol–water partition coefficient (Wildman–Crippen LogP) is 3.22. The number of rotatable bonds is 8. The van der Waals surface area contributed by atoms with Crippen LogP contribution in [0, 0.1) is 0 Å². The zero-order valence-electron chi connectivity index (χ0n) is 13.5. The number of hydrogen-bond donors (Lipinski definition) is 1. The van der Waals surface area contributed by atoms with Crippen molar-refractivity contribution in [2.45, 2.75) is 25.5 Å². The number of ether oxygens (including phenoxy) is 1. The highest BCUT2D eigenvalue weighted by atomic mass is 32.2. The van der Waals surface area contributed by atoms with Crippen LogP contribution in [-0.2, 0) is 14.3 Å². The molecule has 2 rings (SSSR count). The SMILES string of the molecule is CCOC(=O)CSC(CC)C(=O)Nc1nnc(-c2ccccc2)s1. The van der Waals surface area contributed by atoms with Gasteiger partial charge in [-0.15, -0.1) is 22.0 Å². The fraction of sp³-hybridized carbons (Fsp3) is 0.375. The number of nitrogens with zero attached hydrogens (tertiary/aromatic N) is 2. The Hall–Kier alpha value is -1.93. The topological polar surface area (TPSA) is 81.2 Å². The number of anilines is 1. The molecule has 1 aromatic carbocycles. The molecule has 0 aliphatic rings. The number of aromatic nitrogens is 2. The van der Waals surface area contributed by atoms with Crippen LogP contribution in [-0.4, -0.2) is 39.7 Å². The van der Waals surface area contributed by atoms with Gasteiger partial charge in [0.05, 0.1) is 17.6 Å². The summed E-state index contributed by atoms with van der Waals surface area (Å²) in [6.45, 7) is 4.00. The molecule has 1 unspecified atom stereocenters. The number of benzene rings is 1. The second-order valence-electron chi connectivity index (χ2n) is 4.78. The molecule has 1 amide bonds. The second-order valence-corrected chi connectivity index (χ2v) is 6.95. The molecule has 1 atom stereocenters. The summed E-state index contributed by atoms with van der Waals surface area (Å²) in [6.07, 6.45) is 0.611. The van der Waals surface area contributed by atoms with Gasteiger partial charge in [-0.3, -0.25) is 14.9 Å². The summed E-state index contributed by atoms with van der Waals surface area (Å²) >= 11 is 2.59. The third kappa shape index (κ3) is 5.31. The number of thioether (sulfide) groups is 1. The van der Waals surface area contributed by atoms with E-state index in [1.54, 1.807) is 6.92 Å². The molecule has 6 nitrogen and oxygen atoms in total. The lowest BCUT2D eigenvalue weighted by Crippen LogP contribution is -2.26. The monoisotopic (exact) mass is 365 g/mol. The lowest BCUT2D eigenvalue weighted by Gasteiger charge is -2.12. The van der Waals surface area contributed by atoms with E-state index in [2.05, 4.69) is 15.5 Å². The van der Waals surface area contributed by atoms with Crippen molar-refractivity contribution < 1.29 is 14.3 Å². The molecule has 24 heavy (non-hydrogen) atoms. The molecular weight excluding hydrogens is 346 g/mol. The van der Waals surface area contributed by atoms with Gasteiger partial charge >= 0.3 is 5.97 Å². The van der Waals surface area contributed by atoms with Gasteiger partial charge in [0.2, 0.25) is 11.0 Å². The first kappa shape index (κ1) is 18.4. The van der Waals surface area contributed by atoms with Gasteiger partial charge in [-0.25, -0.2) is 0 Å². The summed E-state index contributed by atoms with van der Waals surface area (Å²) in [4.78, 5) is 23.7. The van der Waals surface area contributed by atoms with Gasteiger partial charge in [0.1, 0.15) is 5.01 Å². The van der Waals surface area contributed by atoms with Crippen LogP contribution in [0.5, 0.6) is 0 Å². The van der Waals surface area contributed by atoms with E-state index in [0.717, 1.165) is 10.6 Å². The minimum atomic E-state index is -0.335. The number of hydrogen-bond acceptors (Lipinski definition) is 7. The fourth-order valence-corrected chi connectivity index (χ4v) is 3.53. The first-order valence-corrected chi connectivity index (χ1v) is 9.47. The van der Waals surface area contributed by atoms with Crippen LogP contribution in [0.4, 0.5) is 5.13 Å². The predicted molar refractivity (Wildman–Crippen MR) is 97.1 cm³/mol. The second kappa shape index (κ2) is 9.39. The zero-order chi connectivity index (χ0) is 17.4. The number of carbonyl (C=O) groups is 2. The van der Waals surface area contributed by atoms with Crippen LogP contribution in [0.3, 0.4) is 0 Å². The van der Waals surface area contributed by atoms with Crippen molar-refractivity contribution in [1.82, 2.24) is 10.2 Å². The van der Waals surface area contributed by atoms with Crippen LogP contribution in [0.2, 0.25) is 0 Å². The molecule has 0 radical (unpaired) electrons. The van der Waals surface area contributed by atoms with Gasteiger partial charge in [-0.1, -0.05) is 48.6 Å². The van der Waals surface area contributed by atoms with Crippen molar-refractivity contribution in [2.24, 2.45) is 0 Å². The van der Waals surface area contributed by atoms with Crippen molar-refractivity contribution in [1.29, 1.82) is 0 Å². The van der Waals surface area contributed by atoms with E-state index in [1.165, 1.54) is 23.1 Å². The molecule has 1 aromatic heterocycles. The Morgan fingerprint density at radius 2 is 2.00 bits per heavy atom. The van der Waals surface area contributed by atoms with Crippen molar-refractivity contribution in [3.63, 3.8) is 0 Å². The maximum atomic E-state index is 12.3. The number of esters is 1. The lowest BCUT2D eigenvalue weighted by atomic mass is 10.2. The van der Waals surface area contributed by atoms with Crippen molar-refractivity contribution in [3.8, 4) is 10.6 Å². The summed E-state index contributed by atoms with van der Waals surface area (Å²) in [5.74, 6) is -0.330. The number of carbonyl (C=O) groups excluding carboxylic acids is 2. The molecule has 0 saturated carbocycles. The summed E-state index contributed by atoms with van der Waals surface area (Å²) in [7, 11) is 0. The van der Waals surface area contributed by atoms with Crippen LogP contribution >= 0.6 is 23.1 Å². The summed E-state index contributed by atoms with van der Waals surface area (Å²) in [5.41, 5.74) is 0.958. The third-order valence-corrected chi connectivity index (χ3v) is 5.29. The first-order valence-electron chi connectivity index (χ1n) is 7.61. The molecule has 2 aromatic rings. The van der Waals surface area contributed by atoms with E-state index in [0.29, 0.717) is 18.2 Å². The molecule has 0 aliphatic heterocycles. The summed E-state index contributed by atoms with van der Waals surface area (Å²) < 4.78 is 4.88. The van der Waals surface area contributed by atoms with Gasteiger partial charge in [-0.05, 0) is 13.3 Å². The quantitative estimate of drug-likeness (QED) is 0.724. The maximum Gasteiger partial charge on any atom is 0.315 e. The molecule has 0 saturated heterocycles. The minimum Gasteiger partial charge on any atom is -0.465 e. The van der Waals surface area contributed by atoms with Crippen LogP contribution in [0.25, 0.3) is 10.6 Å². The third-order valence-electron chi connectivity index (χ3n) is 3.05. The van der Waals surface area contributed by atoms with Crippen molar-refractivity contribution in [3.05, 3.63) is 30.3 Å². The Bertz CT molecular complexity index is 676.